The highest BCUT2D eigenvalue weighted by Crippen LogP contribution is 2.16. The van der Waals surface area contributed by atoms with E-state index >= 15 is 0 Å². The van der Waals surface area contributed by atoms with Crippen molar-refractivity contribution in [2.45, 2.75) is 13.0 Å². The Kier molecular flexibility index (Phi) is 6.86. The van der Waals surface area contributed by atoms with Crippen LogP contribution in [0.4, 0.5) is 4.39 Å². The van der Waals surface area contributed by atoms with E-state index in [2.05, 4.69) is 5.32 Å². The molecule has 0 saturated heterocycles. The van der Waals surface area contributed by atoms with Gasteiger partial charge >= 0.3 is 5.97 Å². The van der Waals surface area contributed by atoms with Crippen molar-refractivity contribution in [2.75, 3.05) is 18.1 Å². The number of hydrogen-bond acceptors (Lipinski definition) is 4. The molecule has 5 nitrogen and oxygen atoms in total. The van der Waals surface area contributed by atoms with Crippen molar-refractivity contribution in [1.29, 1.82) is 0 Å². The molecule has 0 aliphatic carbocycles. The normalized spacial score (nSPS) is 11.7. The molecule has 1 rings (SSSR count). The van der Waals surface area contributed by atoms with E-state index in [1.165, 1.54) is 12.1 Å². The van der Waals surface area contributed by atoms with Crippen molar-refractivity contribution in [3.05, 3.63) is 30.1 Å². The van der Waals surface area contributed by atoms with Crippen molar-refractivity contribution in [3.63, 3.8) is 0 Å². The summed E-state index contributed by atoms with van der Waals surface area (Å²) in [7, 11) is 0. The van der Waals surface area contributed by atoms with E-state index in [1.54, 1.807) is 19.1 Å². The standard InChI is InChI=1S/C13H16FNO4S/c1-9(19-11-5-3-2-4-10(11)14)6-15-12(16)7-20-8-13(17)18/h2-5,9H,6-8H2,1H3,(H,15,16)(H,17,18). The number of halogens is 1. The summed E-state index contributed by atoms with van der Waals surface area (Å²) in [6.07, 6.45) is -0.389. The average molecular weight is 301 g/mol. The van der Waals surface area contributed by atoms with E-state index in [4.69, 9.17) is 9.84 Å². The van der Waals surface area contributed by atoms with E-state index in [-0.39, 0.29) is 35.8 Å². The van der Waals surface area contributed by atoms with Crippen LogP contribution in [-0.4, -0.2) is 41.1 Å². The Morgan fingerprint density at radius 2 is 2.10 bits per heavy atom. The first kappa shape index (κ1) is 16.3. The Hall–Kier alpha value is -1.76. The summed E-state index contributed by atoms with van der Waals surface area (Å²) in [5, 5.41) is 11.0. The van der Waals surface area contributed by atoms with E-state index < -0.39 is 11.8 Å². The molecule has 1 atom stereocenters. The molecular formula is C13H16FNO4S. The highest BCUT2D eigenvalue weighted by atomic mass is 32.2. The van der Waals surface area contributed by atoms with Crippen molar-refractivity contribution >= 4 is 23.6 Å². The number of carbonyl (C=O) groups is 2. The summed E-state index contributed by atoms with van der Waals surface area (Å²) in [6, 6.07) is 6.03. The topological polar surface area (TPSA) is 75.6 Å². The molecule has 0 saturated carbocycles. The first-order valence-electron chi connectivity index (χ1n) is 5.96. The van der Waals surface area contributed by atoms with Crippen LogP contribution in [0, 0.1) is 5.82 Å². The quantitative estimate of drug-likeness (QED) is 0.761. The number of ether oxygens (including phenoxy) is 1. The van der Waals surface area contributed by atoms with Gasteiger partial charge in [0, 0.05) is 0 Å². The van der Waals surface area contributed by atoms with Crippen molar-refractivity contribution < 1.29 is 23.8 Å². The van der Waals surface area contributed by atoms with Gasteiger partial charge in [0.15, 0.2) is 11.6 Å². The number of hydrogen-bond donors (Lipinski definition) is 2. The predicted octanol–water partition coefficient (Wildman–Crippen LogP) is 1.53. The number of carbonyl (C=O) groups excluding carboxylic acids is 1. The molecule has 110 valence electrons. The van der Waals surface area contributed by atoms with Crippen LogP contribution in [0.5, 0.6) is 5.75 Å². The van der Waals surface area contributed by atoms with Gasteiger partial charge in [-0.1, -0.05) is 12.1 Å². The lowest BCUT2D eigenvalue weighted by Crippen LogP contribution is -2.34. The number of nitrogens with one attached hydrogen (secondary N) is 1. The molecule has 1 amide bonds. The van der Waals surface area contributed by atoms with Crippen LogP contribution >= 0.6 is 11.8 Å². The smallest absolute Gasteiger partial charge is 0.313 e. The summed E-state index contributed by atoms with van der Waals surface area (Å²) in [4.78, 5) is 21.7. The minimum atomic E-state index is -0.959. The van der Waals surface area contributed by atoms with Gasteiger partial charge < -0.3 is 15.2 Å². The number of carboxylic acids is 1. The van der Waals surface area contributed by atoms with Crippen molar-refractivity contribution in [3.8, 4) is 5.75 Å². The van der Waals surface area contributed by atoms with Crippen LogP contribution in [0.25, 0.3) is 0 Å². The molecule has 0 aliphatic heterocycles. The van der Waals surface area contributed by atoms with Gasteiger partial charge in [-0.2, -0.15) is 0 Å². The molecule has 0 aliphatic rings. The van der Waals surface area contributed by atoms with Gasteiger partial charge in [-0.15, -0.1) is 11.8 Å². The highest BCUT2D eigenvalue weighted by Gasteiger charge is 2.10. The fraction of sp³-hybridized carbons (Fsp3) is 0.385. The maximum absolute atomic E-state index is 13.3. The summed E-state index contributed by atoms with van der Waals surface area (Å²) in [5.41, 5.74) is 0. The molecule has 0 bridgehead atoms. The van der Waals surface area contributed by atoms with Crippen LogP contribution in [-0.2, 0) is 9.59 Å². The SMILES string of the molecule is CC(CNC(=O)CSCC(=O)O)Oc1ccccc1F. The second kappa shape index (κ2) is 8.42. The lowest BCUT2D eigenvalue weighted by atomic mass is 10.3. The van der Waals surface area contributed by atoms with Crippen molar-refractivity contribution in [1.82, 2.24) is 5.32 Å². The highest BCUT2D eigenvalue weighted by molar-refractivity contribution is 8.00. The summed E-state index contributed by atoms with van der Waals surface area (Å²) >= 11 is 1.02. The minimum absolute atomic E-state index is 0.0682. The Morgan fingerprint density at radius 3 is 2.75 bits per heavy atom. The van der Waals surface area contributed by atoms with Gasteiger partial charge in [-0.05, 0) is 19.1 Å². The number of para-hydroxylation sites is 1. The maximum atomic E-state index is 13.3. The van der Waals surface area contributed by atoms with Gasteiger partial charge in [-0.25, -0.2) is 4.39 Å². The zero-order valence-corrected chi connectivity index (χ0v) is 11.8. The Morgan fingerprint density at radius 1 is 1.40 bits per heavy atom. The second-order valence-corrected chi connectivity index (χ2v) is 5.04. The van der Waals surface area contributed by atoms with Gasteiger partial charge in [0.05, 0.1) is 18.1 Å². The molecular weight excluding hydrogens is 285 g/mol. The summed E-state index contributed by atoms with van der Waals surface area (Å²) in [6.45, 7) is 1.93. The molecule has 0 fully saturated rings. The summed E-state index contributed by atoms with van der Waals surface area (Å²) < 4.78 is 18.7. The zero-order chi connectivity index (χ0) is 15.0. The molecule has 0 spiro atoms. The molecule has 2 N–H and O–H groups in total. The fourth-order valence-corrected chi connectivity index (χ4v) is 1.90. The largest absolute Gasteiger partial charge is 0.486 e. The first-order chi connectivity index (χ1) is 9.49. The van der Waals surface area contributed by atoms with Crippen LogP contribution in [0.3, 0.4) is 0 Å². The zero-order valence-electron chi connectivity index (χ0n) is 11.0. The number of carboxylic acid groups (broad SMARTS) is 1. The van der Waals surface area contributed by atoms with Crippen molar-refractivity contribution in [2.24, 2.45) is 0 Å². The third-order valence-corrected chi connectivity index (χ3v) is 3.13. The minimum Gasteiger partial charge on any atom is -0.486 e. The van der Waals surface area contributed by atoms with E-state index in [1.807, 2.05) is 0 Å². The Bertz CT molecular complexity index is 469. The lowest BCUT2D eigenvalue weighted by molar-refractivity contribution is -0.133. The number of thioether (sulfide) groups is 1. The fourth-order valence-electron chi connectivity index (χ4n) is 1.34. The first-order valence-corrected chi connectivity index (χ1v) is 7.12. The molecule has 1 aromatic rings. The van der Waals surface area contributed by atoms with Crippen LogP contribution in [0.15, 0.2) is 24.3 Å². The number of amides is 1. The summed E-state index contributed by atoms with van der Waals surface area (Å²) in [5.74, 6) is -1.61. The molecule has 1 unspecified atom stereocenters. The molecule has 0 radical (unpaired) electrons. The van der Waals surface area contributed by atoms with Crippen LogP contribution in [0.2, 0.25) is 0 Å². The predicted molar refractivity (Wildman–Crippen MR) is 74.5 cm³/mol. The van der Waals surface area contributed by atoms with Gasteiger partial charge in [0.2, 0.25) is 5.91 Å². The lowest BCUT2D eigenvalue weighted by Gasteiger charge is -2.15. The molecule has 20 heavy (non-hydrogen) atoms. The van der Waals surface area contributed by atoms with E-state index in [0.29, 0.717) is 0 Å². The average Bonchev–Trinajstić information content (AvgIpc) is 2.39. The van der Waals surface area contributed by atoms with Crippen LogP contribution in [0.1, 0.15) is 6.92 Å². The Balaban J connectivity index is 2.26. The maximum Gasteiger partial charge on any atom is 0.313 e. The molecule has 7 heteroatoms. The Labute approximate surface area is 120 Å². The number of rotatable bonds is 8. The number of aliphatic carboxylic acids is 1. The second-order valence-electron chi connectivity index (χ2n) is 4.05. The third kappa shape index (κ3) is 6.42. The third-order valence-electron chi connectivity index (χ3n) is 2.21. The molecule has 0 heterocycles. The van der Waals surface area contributed by atoms with E-state index in [0.717, 1.165) is 11.8 Å². The van der Waals surface area contributed by atoms with E-state index in [9.17, 15) is 14.0 Å². The van der Waals surface area contributed by atoms with Crippen LogP contribution < -0.4 is 10.1 Å². The monoisotopic (exact) mass is 301 g/mol. The number of benzene rings is 1. The molecule has 1 aromatic carbocycles. The van der Waals surface area contributed by atoms with Gasteiger partial charge in [0.25, 0.3) is 0 Å². The molecule has 0 aromatic heterocycles. The van der Waals surface area contributed by atoms with Gasteiger partial charge in [-0.3, -0.25) is 9.59 Å². The van der Waals surface area contributed by atoms with Gasteiger partial charge in [0.1, 0.15) is 6.10 Å².